The van der Waals surface area contributed by atoms with Gasteiger partial charge in [-0.3, -0.25) is 14.8 Å². The molecule has 0 saturated heterocycles. The molecule has 1 amide bonds. The molecule has 31 heavy (non-hydrogen) atoms. The summed E-state index contributed by atoms with van der Waals surface area (Å²) in [5.74, 6) is -0.743. The number of nitrogens with one attached hydrogen (secondary N) is 2. The minimum atomic E-state index is -0.475. The number of para-hydroxylation sites is 2. The third kappa shape index (κ3) is 4.84. The number of hydrogen-bond acceptors (Lipinski definition) is 6. The van der Waals surface area contributed by atoms with E-state index in [2.05, 4.69) is 20.6 Å². The van der Waals surface area contributed by atoms with Gasteiger partial charge in [0.05, 0.1) is 28.9 Å². The number of aromatic nitrogens is 2. The Morgan fingerprint density at radius 3 is 2.58 bits per heavy atom. The molecule has 7 heteroatoms. The molecule has 2 N–H and O–H groups in total. The van der Waals surface area contributed by atoms with E-state index in [1.54, 1.807) is 36.7 Å². The van der Waals surface area contributed by atoms with E-state index in [1.165, 1.54) is 6.20 Å². The van der Waals surface area contributed by atoms with E-state index in [4.69, 9.17) is 4.74 Å². The summed E-state index contributed by atoms with van der Waals surface area (Å²) in [7, 11) is 0. The molecule has 0 radical (unpaired) electrons. The molecule has 2 aromatic heterocycles. The lowest BCUT2D eigenvalue weighted by molar-refractivity contribution is 0.0504. The van der Waals surface area contributed by atoms with Crippen LogP contribution in [0.25, 0.3) is 10.9 Å². The van der Waals surface area contributed by atoms with E-state index >= 15 is 0 Å². The maximum absolute atomic E-state index is 12.6. The third-order valence-electron chi connectivity index (χ3n) is 4.61. The Labute approximate surface area is 179 Å². The van der Waals surface area contributed by atoms with Gasteiger partial charge in [-0.1, -0.05) is 30.3 Å². The topological polar surface area (TPSA) is 93.2 Å². The molecule has 0 unspecified atom stereocenters. The van der Waals surface area contributed by atoms with Crippen molar-refractivity contribution in [3.05, 3.63) is 96.4 Å². The number of ether oxygens (including phenoxy) is 1. The monoisotopic (exact) mass is 412 g/mol. The van der Waals surface area contributed by atoms with Crippen LogP contribution in [-0.4, -0.2) is 35.0 Å². The van der Waals surface area contributed by atoms with Crippen LogP contribution in [0.4, 0.5) is 11.4 Å². The van der Waals surface area contributed by atoms with E-state index in [0.29, 0.717) is 16.8 Å². The van der Waals surface area contributed by atoms with Crippen LogP contribution in [-0.2, 0) is 4.74 Å². The summed E-state index contributed by atoms with van der Waals surface area (Å²) in [6.45, 7) is 0.251. The molecule has 7 nitrogen and oxygen atoms in total. The molecule has 0 bridgehead atoms. The Balaban J connectivity index is 1.40. The Morgan fingerprint density at radius 1 is 0.871 bits per heavy atom. The van der Waals surface area contributed by atoms with Gasteiger partial charge in [0.25, 0.3) is 5.91 Å². The minimum Gasteiger partial charge on any atom is -0.460 e. The normalized spacial score (nSPS) is 10.5. The first-order valence-corrected chi connectivity index (χ1v) is 9.77. The largest absolute Gasteiger partial charge is 0.460 e. The van der Waals surface area contributed by atoms with E-state index < -0.39 is 5.97 Å². The number of anilines is 2. The van der Waals surface area contributed by atoms with Crippen molar-refractivity contribution in [2.24, 2.45) is 0 Å². The van der Waals surface area contributed by atoms with Gasteiger partial charge in [-0.05, 0) is 36.4 Å². The molecular formula is C24H20N4O3. The van der Waals surface area contributed by atoms with Crippen molar-refractivity contribution < 1.29 is 14.3 Å². The maximum Gasteiger partial charge on any atom is 0.340 e. The van der Waals surface area contributed by atoms with Crippen LogP contribution in [0.5, 0.6) is 0 Å². The van der Waals surface area contributed by atoms with Crippen LogP contribution in [0.2, 0.25) is 0 Å². The highest BCUT2D eigenvalue weighted by molar-refractivity contribution is 5.99. The van der Waals surface area contributed by atoms with Gasteiger partial charge >= 0.3 is 5.97 Å². The number of esters is 1. The molecule has 0 atom stereocenters. The Morgan fingerprint density at radius 2 is 1.71 bits per heavy atom. The van der Waals surface area contributed by atoms with Crippen LogP contribution in [0.3, 0.4) is 0 Å². The number of amides is 1. The van der Waals surface area contributed by atoms with Gasteiger partial charge in [0, 0.05) is 29.7 Å². The molecule has 4 rings (SSSR count). The van der Waals surface area contributed by atoms with Gasteiger partial charge in [0.15, 0.2) is 0 Å². The number of benzene rings is 2. The smallest absolute Gasteiger partial charge is 0.340 e. The molecule has 0 saturated carbocycles. The predicted molar refractivity (Wildman–Crippen MR) is 118 cm³/mol. The number of carbonyl (C=O) groups is 2. The Bertz CT molecular complexity index is 1210. The van der Waals surface area contributed by atoms with Crippen LogP contribution in [0, 0.1) is 0 Å². The lowest BCUT2D eigenvalue weighted by atomic mass is 10.1. The van der Waals surface area contributed by atoms with Crippen LogP contribution >= 0.6 is 0 Å². The molecule has 0 aliphatic carbocycles. The lowest BCUT2D eigenvalue weighted by Gasteiger charge is -2.13. The summed E-state index contributed by atoms with van der Waals surface area (Å²) < 4.78 is 5.36. The highest BCUT2D eigenvalue weighted by atomic mass is 16.5. The van der Waals surface area contributed by atoms with Crippen molar-refractivity contribution in [3.8, 4) is 0 Å². The van der Waals surface area contributed by atoms with Gasteiger partial charge in [-0.15, -0.1) is 0 Å². The number of carbonyl (C=O) groups excluding carboxylic acids is 2. The standard InChI is InChI=1S/C24H20N4O3/c29-23(17-6-5-12-25-16-17)27-14-15-31-24(30)19-8-2-4-10-21(19)28-22-11-13-26-20-9-3-1-7-18(20)22/h1-13,16H,14-15H2,(H,26,28)(H,27,29). The summed E-state index contributed by atoms with van der Waals surface area (Å²) in [6.07, 6.45) is 4.79. The highest BCUT2D eigenvalue weighted by Crippen LogP contribution is 2.27. The molecule has 2 aromatic carbocycles. The summed E-state index contributed by atoms with van der Waals surface area (Å²) in [5.41, 5.74) is 3.18. The second-order valence-electron chi connectivity index (χ2n) is 6.68. The number of fused-ring (bicyclic) bond motifs is 1. The van der Waals surface area contributed by atoms with E-state index in [1.807, 2.05) is 42.5 Å². The average Bonchev–Trinajstić information content (AvgIpc) is 2.83. The molecule has 154 valence electrons. The number of pyridine rings is 2. The zero-order chi connectivity index (χ0) is 21.5. The SMILES string of the molecule is O=C(NCCOC(=O)c1ccccc1Nc1ccnc2ccccc12)c1cccnc1. The molecule has 0 fully saturated rings. The van der Waals surface area contributed by atoms with Crippen LogP contribution < -0.4 is 10.6 Å². The lowest BCUT2D eigenvalue weighted by Crippen LogP contribution is -2.28. The second-order valence-corrected chi connectivity index (χ2v) is 6.68. The first kappa shape index (κ1) is 20.0. The van der Waals surface area contributed by atoms with Gasteiger partial charge in [-0.2, -0.15) is 0 Å². The molecular weight excluding hydrogens is 392 g/mol. The van der Waals surface area contributed by atoms with Gasteiger partial charge < -0.3 is 15.4 Å². The van der Waals surface area contributed by atoms with Crippen molar-refractivity contribution >= 4 is 34.2 Å². The quantitative estimate of drug-likeness (QED) is 0.353. The van der Waals surface area contributed by atoms with Crippen LogP contribution in [0.15, 0.2) is 85.3 Å². The predicted octanol–water partition coefficient (Wildman–Crippen LogP) is 3.96. The van der Waals surface area contributed by atoms with Crippen molar-refractivity contribution in [1.29, 1.82) is 0 Å². The summed E-state index contributed by atoms with van der Waals surface area (Å²) >= 11 is 0. The first-order chi connectivity index (χ1) is 15.2. The van der Waals surface area contributed by atoms with Crippen molar-refractivity contribution in [2.75, 3.05) is 18.5 Å². The summed E-state index contributed by atoms with van der Waals surface area (Å²) in [4.78, 5) is 32.9. The average molecular weight is 412 g/mol. The van der Waals surface area contributed by atoms with Gasteiger partial charge in [0.1, 0.15) is 6.61 Å². The molecule has 0 aliphatic heterocycles. The molecule has 4 aromatic rings. The van der Waals surface area contributed by atoms with Crippen molar-refractivity contribution in [3.63, 3.8) is 0 Å². The van der Waals surface area contributed by atoms with Crippen molar-refractivity contribution in [1.82, 2.24) is 15.3 Å². The zero-order valence-corrected chi connectivity index (χ0v) is 16.6. The Hall–Kier alpha value is -4.26. The third-order valence-corrected chi connectivity index (χ3v) is 4.61. The number of rotatable bonds is 7. The van der Waals surface area contributed by atoms with Gasteiger partial charge in [0.2, 0.25) is 0 Å². The zero-order valence-electron chi connectivity index (χ0n) is 16.6. The summed E-state index contributed by atoms with van der Waals surface area (Å²) in [6, 6.07) is 20.1. The molecule has 2 heterocycles. The number of hydrogen-bond donors (Lipinski definition) is 2. The minimum absolute atomic E-state index is 0.0529. The fourth-order valence-corrected chi connectivity index (χ4v) is 3.11. The Kier molecular flexibility index (Phi) is 6.13. The molecule has 0 aliphatic rings. The van der Waals surface area contributed by atoms with E-state index in [9.17, 15) is 9.59 Å². The van der Waals surface area contributed by atoms with Gasteiger partial charge in [-0.25, -0.2) is 4.79 Å². The van der Waals surface area contributed by atoms with Crippen molar-refractivity contribution in [2.45, 2.75) is 0 Å². The molecule has 0 spiro atoms. The fraction of sp³-hybridized carbons (Fsp3) is 0.0833. The second kappa shape index (κ2) is 9.49. The van der Waals surface area contributed by atoms with Crippen LogP contribution in [0.1, 0.15) is 20.7 Å². The fourth-order valence-electron chi connectivity index (χ4n) is 3.11. The van der Waals surface area contributed by atoms with E-state index in [0.717, 1.165) is 16.6 Å². The number of nitrogens with zero attached hydrogens (tertiary/aromatic N) is 2. The summed E-state index contributed by atoms with van der Waals surface area (Å²) in [5, 5.41) is 6.96. The first-order valence-electron chi connectivity index (χ1n) is 9.77. The highest BCUT2D eigenvalue weighted by Gasteiger charge is 2.14. The van der Waals surface area contributed by atoms with E-state index in [-0.39, 0.29) is 19.1 Å². The maximum atomic E-state index is 12.6.